The van der Waals surface area contributed by atoms with Crippen molar-refractivity contribution in [3.8, 4) is 6.07 Å². The highest BCUT2D eigenvalue weighted by molar-refractivity contribution is 5.71. The SMILES string of the molecule is CC(C)[C@@H]1CN(Cc2cccc(C#N)c2)C[C@H]1C(=O)O. The van der Waals surface area contributed by atoms with Crippen LogP contribution in [0.3, 0.4) is 0 Å². The van der Waals surface area contributed by atoms with E-state index in [1.165, 1.54) is 0 Å². The summed E-state index contributed by atoms with van der Waals surface area (Å²) in [6.07, 6.45) is 0. The van der Waals surface area contributed by atoms with Crippen molar-refractivity contribution in [2.75, 3.05) is 13.1 Å². The lowest BCUT2D eigenvalue weighted by molar-refractivity contribution is -0.143. The van der Waals surface area contributed by atoms with Crippen molar-refractivity contribution in [1.29, 1.82) is 5.26 Å². The van der Waals surface area contributed by atoms with E-state index < -0.39 is 5.97 Å². The van der Waals surface area contributed by atoms with Crippen LogP contribution in [0.15, 0.2) is 24.3 Å². The Morgan fingerprint density at radius 3 is 2.80 bits per heavy atom. The summed E-state index contributed by atoms with van der Waals surface area (Å²) in [5.74, 6) is -0.413. The second kappa shape index (κ2) is 6.06. The first-order valence-corrected chi connectivity index (χ1v) is 6.95. The molecule has 1 fully saturated rings. The molecular formula is C16H20N2O2. The summed E-state index contributed by atoms with van der Waals surface area (Å²) in [5.41, 5.74) is 1.72. The van der Waals surface area contributed by atoms with E-state index in [1.54, 1.807) is 6.07 Å². The molecule has 1 saturated heterocycles. The third-order valence-electron chi connectivity index (χ3n) is 4.08. The van der Waals surface area contributed by atoms with Gasteiger partial charge in [-0.05, 0) is 29.5 Å². The lowest BCUT2D eigenvalue weighted by Gasteiger charge is -2.18. The molecule has 106 valence electrons. The van der Waals surface area contributed by atoms with E-state index in [0.29, 0.717) is 24.6 Å². The van der Waals surface area contributed by atoms with Crippen LogP contribution in [0.4, 0.5) is 0 Å². The lowest BCUT2D eigenvalue weighted by Crippen LogP contribution is -2.25. The van der Waals surface area contributed by atoms with Gasteiger partial charge < -0.3 is 5.11 Å². The normalized spacial score (nSPS) is 22.9. The molecule has 0 aliphatic carbocycles. The minimum atomic E-state index is -0.697. The predicted octanol–water partition coefficient (Wildman–Crippen LogP) is 2.35. The average molecular weight is 272 g/mol. The van der Waals surface area contributed by atoms with E-state index in [-0.39, 0.29) is 11.8 Å². The maximum Gasteiger partial charge on any atom is 0.308 e. The van der Waals surface area contributed by atoms with Gasteiger partial charge in [0.05, 0.1) is 17.6 Å². The fourth-order valence-corrected chi connectivity index (χ4v) is 2.98. The van der Waals surface area contributed by atoms with Crippen molar-refractivity contribution in [3.63, 3.8) is 0 Å². The summed E-state index contributed by atoms with van der Waals surface area (Å²) in [6, 6.07) is 9.65. The smallest absolute Gasteiger partial charge is 0.308 e. The van der Waals surface area contributed by atoms with Crippen molar-refractivity contribution in [3.05, 3.63) is 35.4 Å². The number of carboxylic acids is 1. The summed E-state index contributed by atoms with van der Waals surface area (Å²) in [5, 5.41) is 18.2. The molecule has 2 atom stereocenters. The Morgan fingerprint density at radius 2 is 2.25 bits per heavy atom. The Bertz CT molecular complexity index is 534. The molecular weight excluding hydrogens is 252 g/mol. The number of nitriles is 1. The van der Waals surface area contributed by atoms with Gasteiger partial charge in [-0.3, -0.25) is 9.69 Å². The fourth-order valence-electron chi connectivity index (χ4n) is 2.98. The van der Waals surface area contributed by atoms with Crippen LogP contribution in [-0.4, -0.2) is 29.1 Å². The number of rotatable bonds is 4. The zero-order valence-electron chi connectivity index (χ0n) is 11.9. The minimum absolute atomic E-state index is 0.201. The molecule has 0 saturated carbocycles. The van der Waals surface area contributed by atoms with E-state index in [2.05, 4.69) is 24.8 Å². The standard InChI is InChI=1S/C16H20N2O2/c1-11(2)14-9-18(10-15(14)16(19)20)8-13-5-3-4-12(6-13)7-17/h3-6,11,14-15H,8-10H2,1-2H3,(H,19,20)/t14-,15+/m0/s1. The second-order valence-corrected chi connectivity index (χ2v) is 5.86. The maximum absolute atomic E-state index is 11.3. The van der Waals surface area contributed by atoms with Crippen molar-refractivity contribution in [1.82, 2.24) is 4.90 Å². The molecule has 2 rings (SSSR count). The number of aliphatic carboxylic acids is 1. The molecule has 0 amide bonds. The predicted molar refractivity (Wildman–Crippen MR) is 75.9 cm³/mol. The van der Waals surface area contributed by atoms with Crippen LogP contribution >= 0.6 is 0 Å². The van der Waals surface area contributed by atoms with Gasteiger partial charge in [-0.15, -0.1) is 0 Å². The first kappa shape index (κ1) is 14.5. The van der Waals surface area contributed by atoms with Crippen molar-refractivity contribution in [2.24, 2.45) is 17.8 Å². The number of hydrogen-bond acceptors (Lipinski definition) is 3. The largest absolute Gasteiger partial charge is 0.481 e. The van der Waals surface area contributed by atoms with Crippen molar-refractivity contribution < 1.29 is 9.90 Å². The molecule has 1 aliphatic rings. The van der Waals surface area contributed by atoms with Crippen LogP contribution in [-0.2, 0) is 11.3 Å². The Morgan fingerprint density at radius 1 is 1.50 bits per heavy atom. The van der Waals surface area contributed by atoms with Crippen LogP contribution < -0.4 is 0 Å². The van der Waals surface area contributed by atoms with E-state index >= 15 is 0 Å². The van der Waals surface area contributed by atoms with Gasteiger partial charge in [0.1, 0.15) is 0 Å². The molecule has 1 aliphatic heterocycles. The zero-order valence-corrected chi connectivity index (χ0v) is 11.9. The average Bonchev–Trinajstić information content (AvgIpc) is 2.83. The number of nitrogens with zero attached hydrogens (tertiary/aromatic N) is 2. The van der Waals surface area contributed by atoms with Gasteiger partial charge in [-0.1, -0.05) is 26.0 Å². The minimum Gasteiger partial charge on any atom is -0.481 e. The first-order valence-electron chi connectivity index (χ1n) is 6.95. The molecule has 0 radical (unpaired) electrons. The van der Waals surface area contributed by atoms with Gasteiger partial charge in [0, 0.05) is 19.6 Å². The van der Waals surface area contributed by atoms with Crippen LogP contribution in [0.2, 0.25) is 0 Å². The Kier molecular flexibility index (Phi) is 4.41. The van der Waals surface area contributed by atoms with Gasteiger partial charge in [-0.25, -0.2) is 0 Å². The van der Waals surface area contributed by atoms with Gasteiger partial charge >= 0.3 is 5.97 Å². The molecule has 4 nitrogen and oxygen atoms in total. The zero-order chi connectivity index (χ0) is 14.7. The van der Waals surface area contributed by atoms with E-state index in [1.807, 2.05) is 18.2 Å². The highest BCUT2D eigenvalue weighted by Crippen LogP contribution is 2.30. The number of benzene rings is 1. The Hall–Kier alpha value is -1.86. The molecule has 4 heteroatoms. The number of carbonyl (C=O) groups is 1. The van der Waals surface area contributed by atoms with Crippen LogP contribution in [0.25, 0.3) is 0 Å². The van der Waals surface area contributed by atoms with E-state index in [4.69, 9.17) is 5.26 Å². The second-order valence-electron chi connectivity index (χ2n) is 5.86. The molecule has 0 unspecified atom stereocenters. The summed E-state index contributed by atoms with van der Waals surface area (Å²) in [7, 11) is 0. The Balaban J connectivity index is 2.08. The Labute approximate surface area is 119 Å². The summed E-state index contributed by atoms with van der Waals surface area (Å²) >= 11 is 0. The first-order chi connectivity index (χ1) is 9.51. The van der Waals surface area contributed by atoms with Crippen LogP contribution in [0, 0.1) is 29.1 Å². The van der Waals surface area contributed by atoms with Gasteiger partial charge in [-0.2, -0.15) is 5.26 Å². The van der Waals surface area contributed by atoms with Crippen molar-refractivity contribution in [2.45, 2.75) is 20.4 Å². The van der Waals surface area contributed by atoms with Gasteiger partial charge in [0.15, 0.2) is 0 Å². The summed E-state index contributed by atoms with van der Waals surface area (Å²) in [4.78, 5) is 13.5. The fraction of sp³-hybridized carbons (Fsp3) is 0.500. The van der Waals surface area contributed by atoms with E-state index in [0.717, 1.165) is 12.1 Å². The topological polar surface area (TPSA) is 64.3 Å². The number of likely N-dealkylation sites (tertiary alicyclic amines) is 1. The molecule has 0 bridgehead atoms. The highest BCUT2D eigenvalue weighted by Gasteiger charge is 2.38. The third kappa shape index (κ3) is 3.17. The molecule has 1 heterocycles. The molecule has 1 N–H and O–H groups in total. The summed E-state index contributed by atoms with van der Waals surface area (Å²) < 4.78 is 0. The van der Waals surface area contributed by atoms with Gasteiger partial charge in [0.2, 0.25) is 0 Å². The van der Waals surface area contributed by atoms with Crippen LogP contribution in [0.5, 0.6) is 0 Å². The number of carboxylic acid groups (broad SMARTS) is 1. The number of hydrogen-bond donors (Lipinski definition) is 1. The molecule has 1 aromatic carbocycles. The quantitative estimate of drug-likeness (QED) is 0.913. The molecule has 1 aromatic rings. The third-order valence-corrected chi connectivity index (χ3v) is 4.08. The summed E-state index contributed by atoms with van der Waals surface area (Å²) in [6.45, 7) is 6.28. The molecule has 0 aromatic heterocycles. The molecule has 20 heavy (non-hydrogen) atoms. The molecule has 0 spiro atoms. The van der Waals surface area contributed by atoms with Crippen molar-refractivity contribution >= 4 is 5.97 Å². The van der Waals surface area contributed by atoms with Crippen LogP contribution in [0.1, 0.15) is 25.0 Å². The monoisotopic (exact) mass is 272 g/mol. The highest BCUT2D eigenvalue weighted by atomic mass is 16.4. The van der Waals surface area contributed by atoms with E-state index in [9.17, 15) is 9.90 Å². The lowest BCUT2D eigenvalue weighted by atomic mass is 9.86. The van der Waals surface area contributed by atoms with Gasteiger partial charge in [0.25, 0.3) is 0 Å². The maximum atomic E-state index is 11.3.